The topological polar surface area (TPSA) is 89.0 Å². The highest BCUT2D eigenvalue weighted by Crippen LogP contribution is 2.18. The molecule has 1 aliphatic rings. The van der Waals surface area contributed by atoms with E-state index in [0.29, 0.717) is 12.4 Å². The molecular formula is C18H24N8O. The zero-order valence-corrected chi connectivity index (χ0v) is 15.9. The van der Waals surface area contributed by atoms with Crippen molar-refractivity contribution >= 4 is 5.82 Å². The van der Waals surface area contributed by atoms with Crippen LogP contribution in [0.25, 0.3) is 5.82 Å². The molecule has 0 unspecified atom stereocenters. The first-order valence-electron chi connectivity index (χ1n) is 9.24. The highest BCUT2D eigenvalue weighted by atomic mass is 16.5. The molecule has 1 saturated heterocycles. The van der Waals surface area contributed by atoms with Gasteiger partial charge in [-0.1, -0.05) is 19.0 Å². The third-order valence-electron chi connectivity index (χ3n) is 4.61. The van der Waals surface area contributed by atoms with Gasteiger partial charge in [-0.25, -0.2) is 14.6 Å². The standard InChI is InChI=1S/C18H24N8O/c1-13(2)18-22-17(27-23-18)12-24-7-9-25(10-8-24)15-11-16(21-14(3)20-15)26-6-4-5-19-26/h4-6,11,13H,7-10,12H2,1-3H3. The van der Waals surface area contributed by atoms with Crippen LogP contribution in [0, 0.1) is 6.92 Å². The van der Waals surface area contributed by atoms with E-state index in [2.05, 4.69) is 48.9 Å². The summed E-state index contributed by atoms with van der Waals surface area (Å²) < 4.78 is 7.13. The predicted molar refractivity (Wildman–Crippen MR) is 99.8 cm³/mol. The Labute approximate surface area is 158 Å². The normalized spacial score (nSPS) is 15.6. The molecule has 9 heteroatoms. The largest absolute Gasteiger partial charge is 0.354 e. The average Bonchev–Trinajstić information content (AvgIpc) is 3.34. The lowest BCUT2D eigenvalue weighted by atomic mass is 10.2. The van der Waals surface area contributed by atoms with E-state index in [1.54, 1.807) is 10.9 Å². The number of nitrogens with zero attached hydrogens (tertiary/aromatic N) is 8. The van der Waals surface area contributed by atoms with Crippen molar-refractivity contribution in [1.82, 2.24) is 34.8 Å². The van der Waals surface area contributed by atoms with Crippen LogP contribution in [-0.2, 0) is 6.54 Å². The van der Waals surface area contributed by atoms with Crippen LogP contribution in [0.4, 0.5) is 5.82 Å². The van der Waals surface area contributed by atoms with Crippen LogP contribution in [0.15, 0.2) is 29.0 Å². The molecule has 3 aromatic heterocycles. The fourth-order valence-corrected chi connectivity index (χ4v) is 3.11. The Hall–Kier alpha value is -2.81. The average molecular weight is 368 g/mol. The van der Waals surface area contributed by atoms with E-state index in [0.717, 1.165) is 49.5 Å². The highest BCUT2D eigenvalue weighted by molar-refractivity contribution is 5.44. The summed E-state index contributed by atoms with van der Waals surface area (Å²) in [6, 6.07) is 3.88. The van der Waals surface area contributed by atoms with Crippen molar-refractivity contribution in [2.75, 3.05) is 31.1 Å². The molecule has 4 rings (SSSR count). The second-order valence-electron chi connectivity index (χ2n) is 7.05. The fraction of sp³-hybridized carbons (Fsp3) is 0.500. The Morgan fingerprint density at radius 2 is 1.85 bits per heavy atom. The number of aromatic nitrogens is 6. The van der Waals surface area contributed by atoms with Crippen molar-refractivity contribution in [3.05, 3.63) is 42.1 Å². The van der Waals surface area contributed by atoms with Crippen molar-refractivity contribution in [1.29, 1.82) is 0 Å². The van der Waals surface area contributed by atoms with E-state index >= 15 is 0 Å². The van der Waals surface area contributed by atoms with Crippen LogP contribution >= 0.6 is 0 Å². The van der Waals surface area contributed by atoms with Crippen molar-refractivity contribution in [2.24, 2.45) is 0 Å². The third kappa shape index (κ3) is 3.97. The van der Waals surface area contributed by atoms with Gasteiger partial charge in [0.1, 0.15) is 11.6 Å². The van der Waals surface area contributed by atoms with E-state index in [-0.39, 0.29) is 5.92 Å². The Morgan fingerprint density at radius 1 is 1.07 bits per heavy atom. The predicted octanol–water partition coefficient (Wildman–Crippen LogP) is 1.80. The maximum Gasteiger partial charge on any atom is 0.240 e. The Balaban J connectivity index is 1.40. The van der Waals surface area contributed by atoms with Gasteiger partial charge in [0.25, 0.3) is 0 Å². The molecule has 1 fully saturated rings. The lowest BCUT2D eigenvalue weighted by Crippen LogP contribution is -2.46. The minimum Gasteiger partial charge on any atom is -0.354 e. The molecule has 0 radical (unpaired) electrons. The van der Waals surface area contributed by atoms with Crippen LogP contribution in [0.1, 0.15) is 37.3 Å². The molecule has 0 aromatic carbocycles. The number of aryl methyl sites for hydroxylation is 1. The molecule has 0 spiro atoms. The summed E-state index contributed by atoms with van der Waals surface area (Å²) in [5.74, 6) is 4.21. The van der Waals surface area contributed by atoms with E-state index in [1.165, 1.54) is 0 Å². The summed E-state index contributed by atoms with van der Waals surface area (Å²) in [4.78, 5) is 18.2. The van der Waals surface area contributed by atoms with E-state index in [1.807, 2.05) is 25.3 Å². The molecule has 3 aromatic rings. The Kier molecular flexibility index (Phi) is 4.85. The number of hydrogen-bond donors (Lipinski definition) is 0. The van der Waals surface area contributed by atoms with Crippen molar-refractivity contribution < 1.29 is 4.52 Å². The molecular weight excluding hydrogens is 344 g/mol. The van der Waals surface area contributed by atoms with Gasteiger partial charge in [0.2, 0.25) is 5.89 Å². The van der Waals surface area contributed by atoms with Crippen molar-refractivity contribution in [3.63, 3.8) is 0 Å². The summed E-state index contributed by atoms with van der Waals surface area (Å²) in [5.41, 5.74) is 0. The van der Waals surface area contributed by atoms with Gasteiger partial charge in [-0.2, -0.15) is 10.1 Å². The Bertz CT molecular complexity index is 881. The van der Waals surface area contributed by atoms with Gasteiger partial charge in [0.15, 0.2) is 11.6 Å². The molecule has 0 aliphatic carbocycles. The summed E-state index contributed by atoms with van der Waals surface area (Å²) >= 11 is 0. The molecule has 27 heavy (non-hydrogen) atoms. The van der Waals surface area contributed by atoms with Crippen LogP contribution in [0.3, 0.4) is 0 Å². The fourth-order valence-electron chi connectivity index (χ4n) is 3.11. The molecule has 0 atom stereocenters. The van der Waals surface area contributed by atoms with Crippen molar-refractivity contribution in [3.8, 4) is 5.82 Å². The number of piperazine rings is 1. The lowest BCUT2D eigenvalue weighted by molar-refractivity contribution is 0.215. The first-order chi connectivity index (χ1) is 13.1. The summed E-state index contributed by atoms with van der Waals surface area (Å²) in [7, 11) is 0. The highest BCUT2D eigenvalue weighted by Gasteiger charge is 2.21. The van der Waals surface area contributed by atoms with E-state index in [4.69, 9.17) is 4.52 Å². The van der Waals surface area contributed by atoms with Crippen molar-refractivity contribution in [2.45, 2.75) is 33.2 Å². The maximum absolute atomic E-state index is 5.37. The number of rotatable bonds is 5. The minimum atomic E-state index is 0.282. The molecule has 9 nitrogen and oxygen atoms in total. The van der Waals surface area contributed by atoms with Crippen LogP contribution in [-0.4, -0.2) is 61.0 Å². The first-order valence-corrected chi connectivity index (χ1v) is 9.24. The number of anilines is 1. The zero-order chi connectivity index (χ0) is 18.8. The van der Waals surface area contributed by atoms with Gasteiger partial charge < -0.3 is 9.42 Å². The van der Waals surface area contributed by atoms with Crippen LogP contribution in [0.2, 0.25) is 0 Å². The van der Waals surface area contributed by atoms with E-state index < -0.39 is 0 Å². The second kappa shape index (κ2) is 7.43. The Morgan fingerprint density at radius 3 is 2.52 bits per heavy atom. The summed E-state index contributed by atoms with van der Waals surface area (Å²) in [6.07, 6.45) is 3.64. The zero-order valence-electron chi connectivity index (χ0n) is 15.9. The second-order valence-corrected chi connectivity index (χ2v) is 7.05. The van der Waals surface area contributed by atoms with Crippen LogP contribution < -0.4 is 4.90 Å². The molecule has 1 aliphatic heterocycles. The van der Waals surface area contributed by atoms with Crippen LogP contribution in [0.5, 0.6) is 0 Å². The van der Waals surface area contributed by atoms with Gasteiger partial charge >= 0.3 is 0 Å². The first kappa shape index (κ1) is 17.6. The monoisotopic (exact) mass is 368 g/mol. The number of hydrogen-bond acceptors (Lipinski definition) is 8. The summed E-state index contributed by atoms with van der Waals surface area (Å²) in [5, 5.41) is 8.30. The quantitative estimate of drug-likeness (QED) is 0.673. The smallest absolute Gasteiger partial charge is 0.240 e. The molecule has 0 N–H and O–H groups in total. The molecule has 0 amide bonds. The molecule has 4 heterocycles. The van der Waals surface area contributed by atoms with Gasteiger partial charge in [-0.3, -0.25) is 4.90 Å². The maximum atomic E-state index is 5.37. The van der Waals surface area contributed by atoms with E-state index in [9.17, 15) is 0 Å². The SMILES string of the molecule is Cc1nc(N2CCN(Cc3nc(C(C)C)no3)CC2)cc(-n2cccn2)n1. The van der Waals surface area contributed by atoms with Gasteiger partial charge in [-0.05, 0) is 13.0 Å². The molecule has 0 saturated carbocycles. The van der Waals surface area contributed by atoms with Gasteiger partial charge in [0, 0.05) is 50.6 Å². The molecule has 0 bridgehead atoms. The minimum absolute atomic E-state index is 0.282. The lowest BCUT2D eigenvalue weighted by Gasteiger charge is -2.34. The van der Waals surface area contributed by atoms with Gasteiger partial charge in [-0.15, -0.1) is 0 Å². The summed E-state index contributed by atoms with van der Waals surface area (Å²) in [6.45, 7) is 10.3. The third-order valence-corrected chi connectivity index (χ3v) is 4.61. The van der Waals surface area contributed by atoms with Gasteiger partial charge in [0.05, 0.1) is 6.54 Å². The molecule has 142 valence electrons.